The summed E-state index contributed by atoms with van der Waals surface area (Å²) in [7, 11) is -3.81. The lowest BCUT2D eigenvalue weighted by Crippen LogP contribution is -2.50. The number of halogens is 2. The molecule has 0 radical (unpaired) electrons. The largest absolute Gasteiger partial charge is 0.336 e. The summed E-state index contributed by atoms with van der Waals surface area (Å²) >= 11 is 12.1. The molecule has 2 aliphatic heterocycles. The molecule has 164 valence electrons. The van der Waals surface area contributed by atoms with Crippen molar-refractivity contribution in [1.29, 1.82) is 0 Å². The van der Waals surface area contributed by atoms with Crippen LogP contribution in [0.5, 0.6) is 0 Å². The van der Waals surface area contributed by atoms with E-state index < -0.39 is 10.0 Å². The smallest absolute Gasteiger partial charge is 0.253 e. The van der Waals surface area contributed by atoms with Gasteiger partial charge in [0.05, 0.1) is 10.0 Å². The van der Waals surface area contributed by atoms with E-state index in [1.807, 2.05) is 0 Å². The minimum atomic E-state index is -3.81. The van der Waals surface area contributed by atoms with Gasteiger partial charge in [0.15, 0.2) is 0 Å². The maximum absolute atomic E-state index is 12.9. The van der Waals surface area contributed by atoms with Crippen LogP contribution in [0.15, 0.2) is 47.4 Å². The minimum Gasteiger partial charge on any atom is -0.336 e. The highest BCUT2D eigenvalue weighted by atomic mass is 35.5. The van der Waals surface area contributed by atoms with Crippen LogP contribution in [-0.2, 0) is 14.8 Å². The van der Waals surface area contributed by atoms with Crippen LogP contribution in [-0.4, -0.2) is 62.2 Å². The van der Waals surface area contributed by atoms with Gasteiger partial charge >= 0.3 is 0 Å². The van der Waals surface area contributed by atoms with E-state index in [-0.39, 0.29) is 52.9 Å². The Balaban J connectivity index is 1.42. The van der Waals surface area contributed by atoms with Gasteiger partial charge in [-0.15, -0.1) is 0 Å². The van der Waals surface area contributed by atoms with Crippen LogP contribution in [0.1, 0.15) is 23.2 Å². The van der Waals surface area contributed by atoms with E-state index in [0.717, 1.165) is 12.1 Å². The molecule has 2 heterocycles. The Morgan fingerprint density at radius 3 is 2.19 bits per heavy atom. The van der Waals surface area contributed by atoms with Crippen LogP contribution in [0, 0.1) is 0 Å². The summed E-state index contributed by atoms with van der Waals surface area (Å²) in [5.74, 6) is -0.0756. The lowest BCUT2D eigenvalue weighted by Gasteiger charge is -2.34. The molecule has 0 N–H and O–H groups in total. The number of carbonyl (C=O) groups excluding carboxylic acids is 2. The van der Waals surface area contributed by atoms with Gasteiger partial charge in [0, 0.05) is 50.4 Å². The molecule has 2 fully saturated rings. The Hall–Kier alpha value is -2.13. The van der Waals surface area contributed by atoms with Crippen LogP contribution in [0.3, 0.4) is 0 Å². The first-order valence-electron chi connectivity index (χ1n) is 9.93. The molecular weight excluding hydrogens is 461 g/mol. The first kappa shape index (κ1) is 22.1. The molecule has 0 unspecified atom stereocenters. The average molecular weight is 482 g/mol. The lowest BCUT2D eigenvalue weighted by molar-refractivity contribution is -0.117. The molecule has 0 aliphatic carbocycles. The molecule has 0 bridgehead atoms. The average Bonchev–Trinajstić information content (AvgIpc) is 3.21. The van der Waals surface area contributed by atoms with Crippen molar-refractivity contribution in [3.8, 4) is 0 Å². The Morgan fingerprint density at radius 1 is 0.903 bits per heavy atom. The zero-order chi connectivity index (χ0) is 22.2. The van der Waals surface area contributed by atoms with Crippen LogP contribution >= 0.6 is 23.2 Å². The number of nitrogens with zero attached hydrogens (tertiary/aromatic N) is 3. The van der Waals surface area contributed by atoms with Crippen molar-refractivity contribution >= 4 is 50.7 Å². The first-order valence-corrected chi connectivity index (χ1v) is 12.1. The number of benzene rings is 2. The van der Waals surface area contributed by atoms with E-state index in [1.54, 1.807) is 40.1 Å². The van der Waals surface area contributed by atoms with Crippen molar-refractivity contribution in [1.82, 2.24) is 9.21 Å². The van der Waals surface area contributed by atoms with Crippen molar-refractivity contribution in [3.63, 3.8) is 0 Å². The zero-order valence-electron chi connectivity index (χ0n) is 16.6. The number of anilines is 1. The third kappa shape index (κ3) is 4.30. The Labute approximate surface area is 191 Å². The number of sulfonamides is 1. The molecule has 2 saturated heterocycles. The van der Waals surface area contributed by atoms with Crippen LogP contribution in [0.25, 0.3) is 0 Å². The summed E-state index contributed by atoms with van der Waals surface area (Å²) in [4.78, 5) is 28.1. The number of hydrogen-bond acceptors (Lipinski definition) is 4. The molecule has 2 amide bonds. The molecule has 0 saturated carbocycles. The van der Waals surface area contributed by atoms with Gasteiger partial charge < -0.3 is 9.80 Å². The summed E-state index contributed by atoms with van der Waals surface area (Å²) in [6, 6.07) is 11.5. The Kier molecular flexibility index (Phi) is 6.25. The molecule has 2 aromatic carbocycles. The summed E-state index contributed by atoms with van der Waals surface area (Å²) in [6.45, 7) is 1.55. The van der Waals surface area contributed by atoms with Crippen molar-refractivity contribution in [2.24, 2.45) is 0 Å². The maximum atomic E-state index is 12.9. The van der Waals surface area contributed by atoms with E-state index in [9.17, 15) is 18.0 Å². The molecule has 31 heavy (non-hydrogen) atoms. The first-order chi connectivity index (χ1) is 14.8. The van der Waals surface area contributed by atoms with E-state index in [0.29, 0.717) is 18.5 Å². The second kappa shape index (κ2) is 8.78. The van der Waals surface area contributed by atoms with Crippen molar-refractivity contribution in [2.45, 2.75) is 17.7 Å². The molecule has 0 spiro atoms. The van der Waals surface area contributed by atoms with Gasteiger partial charge in [0.25, 0.3) is 5.91 Å². The topological polar surface area (TPSA) is 78.0 Å². The highest BCUT2D eigenvalue weighted by molar-refractivity contribution is 7.89. The van der Waals surface area contributed by atoms with Crippen molar-refractivity contribution in [2.75, 3.05) is 37.6 Å². The normalized spacial score (nSPS) is 17.9. The van der Waals surface area contributed by atoms with Crippen LogP contribution < -0.4 is 4.90 Å². The summed E-state index contributed by atoms with van der Waals surface area (Å²) in [5.41, 5.74) is 1.29. The Bertz CT molecular complexity index is 1110. The molecule has 2 aliphatic rings. The third-order valence-corrected chi connectivity index (χ3v) is 8.43. The van der Waals surface area contributed by atoms with Gasteiger partial charge in [0.1, 0.15) is 4.90 Å². The van der Waals surface area contributed by atoms with Gasteiger partial charge in [-0.3, -0.25) is 9.59 Å². The number of carbonyl (C=O) groups is 2. The van der Waals surface area contributed by atoms with Gasteiger partial charge in [0.2, 0.25) is 15.9 Å². The number of rotatable bonds is 4. The number of piperazine rings is 1. The third-order valence-electron chi connectivity index (χ3n) is 5.56. The molecular formula is C21H21Cl2N3O4S. The highest BCUT2D eigenvalue weighted by Gasteiger charge is 2.32. The molecule has 2 aromatic rings. The SMILES string of the molecule is O=C(c1ccc(N2CCCC2=O)cc1)N1CCN(S(=O)(=O)c2cccc(Cl)c2Cl)CC1. The molecule has 10 heteroatoms. The fourth-order valence-electron chi connectivity index (χ4n) is 3.84. The second-order valence-electron chi connectivity index (χ2n) is 7.44. The van der Waals surface area contributed by atoms with E-state index in [4.69, 9.17) is 23.2 Å². The van der Waals surface area contributed by atoms with E-state index in [2.05, 4.69) is 0 Å². The van der Waals surface area contributed by atoms with Crippen molar-refractivity contribution in [3.05, 3.63) is 58.1 Å². The van der Waals surface area contributed by atoms with Crippen LogP contribution in [0.2, 0.25) is 10.0 Å². The van der Waals surface area contributed by atoms with E-state index >= 15 is 0 Å². The van der Waals surface area contributed by atoms with Crippen molar-refractivity contribution < 1.29 is 18.0 Å². The van der Waals surface area contributed by atoms with Gasteiger partial charge in [-0.1, -0.05) is 29.3 Å². The highest BCUT2D eigenvalue weighted by Crippen LogP contribution is 2.31. The second-order valence-corrected chi connectivity index (χ2v) is 10.1. The Morgan fingerprint density at radius 2 is 1.58 bits per heavy atom. The molecule has 0 atom stereocenters. The number of hydrogen-bond donors (Lipinski definition) is 0. The predicted molar refractivity (Wildman–Crippen MR) is 119 cm³/mol. The molecule has 0 aromatic heterocycles. The predicted octanol–water partition coefficient (Wildman–Crippen LogP) is 3.27. The molecule has 7 nitrogen and oxygen atoms in total. The summed E-state index contributed by atoms with van der Waals surface area (Å²) < 4.78 is 27.2. The number of amides is 2. The standard InChI is InChI=1S/C21H21Cl2N3O4S/c22-17-3-1-4-18(20(17)23)31(29,30)25-13-11-24(12-14-25)21(28)15-6-8-16(9-7-15)26-10-2-5-19(26)27/h1,3-4,6-9H,2,5,10-14H2. The summed E-state index contributed by atoms with van der Waals surface area (Å²) in [5, 5.41) is 0.176. The lowest BCUT2D eigenvalue weighted by atomic mass is 10.1. The van der Waals surface area contributed by atoms with Gasteiger partial charge in [-0.05, 0) is 42.8 Å². The van der Waals surface area contributed by atoms with Crippen LogP contribution in [0.4, 0.5) is 5.69 Å². The minimum absolute atomic E-state index is 0.000698. The fourth-order valence-corrected chi connectivity index (χ4v) is 6.00. The van der Waals surface area contributed by atoms with E-state index in [1.165, 1.54) is 16.4 Å². The zero-order valence-corrected chi connectivity index (χ0v) is 19.0. The van der Waals surface area contributed by atoms with Gasteiger partial charge in [-0.2, -0.15) is 4.31 Å². The quantitative estimate of drug-likeness (QED) is 0.671. The maximum Gasteiger partial charge on any atom is 0.253 e. The fraction of sp³-hybridized carbons (Fsp3) is 0.333. The molecule has 4 rings (SSSR count). The summed E-state index contributed by atoms with van der Waals surface area (Å²) in [6.07, 6.45) is 1.39. The monoisotopic (exact) mass is 481 g/mol. The van der Waals surface area contributed by atoms with Gasteiger partial charge in [-0.25, -0.2) is 8.42 Å².